The zero-order valence-corrected chi connectivity index (χ0v) is 12.2. The van der Waals surface area contributed by atoms with Gasteiger partial charge in [-0.25, -0.2) is 23.1 Å². The number of nitrogens with two attached hydrogens (primary N) is 1. The summed E-state index contributed by atoms with van der Waals surface area (Å²) in [5.74, 6) is -1.11. The molecule has 0 radical (unpaired) electrons. The molecule has 2 amide bonds. The molecule has 1 atom stereocenters. The molecule has 0 unspecified atom stereocenters. The Hall–Kier alpha value is -2.13. The van der Waals surface area contributed by atoms with Crippen LogP contribution >= 0.6 is 0 Å². The number of aliphatic carboxylic acids is 1. The largest absolute Gasteiger partial charge is 0.480 e. The number of nitrogens with one attached hydrogen (secondary N) is 2. The van der Waals surface area contributed by atoms with E-state index in [-0.39, 0.29) is 17.9 Å². The van der Waals surface area contributed by atoms with Gasteiger partial charge >= 0.3 is 12.0 Å². The molecular weight excluding hydrogens is 298 g/mol. The van der Waals surface area contributed by atoms with Crippen LogP contribution in [0.1, 0.15) is 18.9 Å². The number of rotatable bonds is 6. The van der Waals surface area contributed by atoms with Crippen molar-refractivity contribution in [2.45, 2.75) is 30.8 Å². The van der Waals surface area contributed by atoms with Gasteiger partial charge in [0.2, 0.25) is 10.0 Å². The SMILES string of the molecule is CC[C@H](NC(=O)NCc1ccc(S(N)(=O)=O)cc1)C(=O)O. The lowest BCUT2D eigenvalue weighted by molar-refractivity contribution is -0.139. The summed E-state index contributed by atoms with van der Waals surface area (Å²) in [7, 11) is -3.74. The number of hydrogen-bond acceptors (Lipinski definition) is 4. The van der Waals surface area contributed by atoms with Crippen molar-refractivity contribution in [3.8, 4) is 0 Å². The van der Waals surface area contributed by atoms with Crippen LogP contribution in [0.4, 0.5) is 4.79 Å². The van der Waals surface area contributed by atoms with Gasteiger partial charge < -0.3 is 15.7 Å². The van der Waals surface area contributed by atoms with Gasteiger partial charge in [0, 0.05) is 6.54 Å². The molecule has 0 heterocycles. The Balaban J connectivity index is 2.56. The fourth-order valence-corrected chi connectivity index (χ4v) is 2.04. The van der Waals surface area contributed by atoms with Crippen LogP contribution < -0.4 is 15.8 Å². The minimum Gasteiger partial charge on any atom is -0.480 e. The Morgan fingerprint density at radius 3 is 2.29 bits per heavy atom. The van der Waals surface area contributed by atoms with Crippen molar-refractivity contribution in [3.63, 3.8) is 0 Å². The molecule has 0 aromatic heterocycles. The summed E-state index contributed by atoms with van der Waals surface area (Å²) in [4.78, 5) is 22.3. The molecule has 0 aliphatic rings. The summed E-state index contributed by atoms with van der Waals surface area (Å²) >= 11 is 0. The number of amides is 2. The first-order chi connectivity index (χ1) is 9.74. The third-order valence-electron chi connectivity index (χ3n) is 2.72. The molecular formula is C12H17N3O5S. The zero-order chi connectivity index (χ0) is 16.0. The van der Waals surface area contributed by atoms with Crippen molar-refractivity contribution >= 4 is 22.0 Å². The highest BCUT2D eigenvalue weighted by Gasteiger charge is 2.17. The van der Waals surface area contributed by atoms with Gasteiger partial charge in [0.1, 0.15) is 6.04 Å². The first kappa shape index (κ1) is 16.9. The summed E-state index contributed by atoms with van der Waals surface area (Å²) in [6.07, 6.45) is 0.270. The molecule has 0 aliphatic heterocycles. The second-order valence-electron chi connectivity index (χ2n) is 4.32. The third-order valence-corrected chi connectivity index (χ3v) is 3.65. The molecule has 0 fully saturated rings. The standard InChI is InChI=1S/C12H17N3O5S/c1-2-10(11(16)17)15-12(18)14-7-8-3-5-9(6-4-8)21(13,19)20/h3-6,10H,2,7H2,1H3,(H,16,17)(H2,13,19,20)(H2,14,15,18)/t10-/m0/s1. The number of primary sulfonamides is 1. The molecule has 8 nitrogen and oxygen atoms in total. The van der Waals surface area contributed by atoms with Gasteiger partial charge in [0.25, 0.3) is 0 Å². The van der Waals surface area contributed by atoms with E-state index in [4.69, 9.17) is 10.2 Å². The molecule has 0 aliphatic carbocycles. The molecule has 0 saturated heterocycles. The normalized spacial score (nSPS) is 12.5. The Bertz CT molecular complexity index is 612. The summed E-state index contributed by atoms with van der Waals surface area (Å²) in [5.41, 5.74) is 0.654. The van der Waals surface area contributed by atoms with E-state index in [1.54, 1.807) is 6.92 Å². The summed E-state index contributed by atoms with van der Waals surface area (Å²) in [6.45, 7) is 1.78. The Morgan fingerprint density at radius 1 is 1.29 bits per heavy atom. The molecule has 21 heavy (non-hydrogen) atoms. The van der Waals surface area contributed by atoms with E-state index in [1.165, 1.54) is 24.3 Å². The lowest BCUT2D eigenvalue weighted by Crippen LogP contribution is -2.45. The first-order valence-electron chi connectivity index (χ1n) is 6.13. The van der Waals surface area contributed by atoms with Crippen LogP contribution in [-0.4, -0.2) is 31.6 Å². The quantitative estimate of drug-likeness (QED) is 0.585. The monoisotopic (exact) mass is 315 g/mol. The average molecular weight is 315 g/mol. The van der Waals surface area contributed by atoms with Crippen LogP contribution in [0.5, 0.6) is 0 Å². The van der Waals surface area contributed by atoms with E-state index in [0.717, 1.165) is 0 Å². The molecule has 5 N–H and O–H groups in total. The van der Waals surface area contributed by atoms with Crippen molar-refractivity contribution in [1.82, 2.24) is 10.6 Å². The number of carboxylic acids is 1. The average Bonchev–Trinajstić information content (AvgIpc) is 2.41. The van der Waals surface area contributed by atoms with Gasteiger partial charge in [-0.15, -0.1) is 0 Å². The summed E-state index contributed by atoms with van der Waals surface area (Å²) in [6, 6.07) is 4.12. The van der Waals surface area contributed by atoms with Crippen molar-refractivity contribution < 1.29 is 23.1 Å². The lowest BCUT2D eigenvalue weighted by atomic mass is 10.2. The van der Waals surface area contributed by atoms with Gasteiger partial charge in [-0.3, -0.25) is 0 Å². The van der Waals surface area contributed by atoms with E-state index in [0.29, 0.717) is 5.56 Å². The predicted octanol–water partition coefficient (Wildman–Crippen LogP) is -0.00360. The maximum atomic E-state index is 11.5. The number of sulfonamides is 1. The second-order valence-corrected chi connectivity index (χ2v) is 5.88. The molecule has 0 spiro atoms. The highest BCUT2D eigenvalue weighted by Crippen LogP contribution is 2.08. The molecule has 0 saturated carbocycles. The van der Waals surface area contributed by atoms with Crippen LogP contribution in [-0.2, 0) is 21.4 Å². The van der Waals surface area contributed by atoms with Gasteiger partial charge in [-0.2, -0.15) is 0 Å². The number of carboxylic acid groups (broad SMARTS) is 1. The first-order valence-corrected chi connectivity index (χ1v) is 7.67. The van der Waals surface area contributed by atoms with E-state index in [2.05, 4.69) is 10.6 Å². The highest BCUT2D eigenvalue weighted by molar-refractivity contribution is 7.89. The number of carbonyl (C=O) groups is 2. The van der Waals surface area contributed by atoms with Crippen molar-refractivity contribution in [2.24, 2.45) is 5.14 Å². The highest BCUT2D eigenvalue weighted by atomic mass is 32.2. The van der Waals surface area contributed by atoms with E-state index in [1.807, 2.05) is 0 Å². The fraction of sp³-hybridized carbons (Fsp3) is 0.333. The maximum absolute atomic E-state index is 11.5. The van der Waals surface area contributed by atoms with E-state index >= 15 is 0 Å². The third kappa shape index (κ3) is 5.40. The second kappa shape index (κ2) is 7.04. The molecule has 1 aromatic rings. The van der Waals surface area contributed by atoms with Crippen molar-refractivity contribution in [1.29, 1.82) is 0 Å². The Morgan fingerprint density at radius 2 is 1.86 bits per heavy atom. The van der Waals surface area contributed by atoms with Crippen molar-refractivity contribution in [2.75, 3.05) is 0 Å². The van der Waals surface area contributed by atoms with Gasteiger partial charge in [0.15, 0.2) is 0 Å². The minimum absolute atomic E-state index is 0.0207. The summed E-state index contributed by atoms with van der Waals surface area (Å²) < 4.78 is 22.1. The molecule has 1 aromatic carbocycles. The molecule has 0 bridgehead atoms. The maximum Gasteiger partial charge on any atom is 0.326 e. The Labute approximate surface area is 122 Å². The van der Waals surface area contributed by atoms with E-state index in [9.17, 15) is 18.0 Å². The van der Waals surface area contributed by atoms with Crippen molar-refractivity contribution in [3.05, 3.63) is 29.8 Å². The van der Waals surface area contributed by atoms with Crippen LogP contribution in [0.2, 0.25) is 0 Å². The van der Waals surface area contributed by atoms with Gasteiger partial charge in [-0.05, 0) is 24.1 Å². The van der Waals surface area contributed by atoms with Crippen LogP contribution in [0.3, 0.4) is 0 Å². The smallest absolute Gasteiger partial charge is 0.326 e. The predicted molar refractivity (Wildman–Crippen MR) is 74.9 cm³/mol. The zero-order valence-electron chi connectivity index (χ0n) is 11.4. The fourth-order valence-electron chi connectivity index (χ4n) is 1.53. The number of carbonyl (C=O) groups excluding carboxylic acids is 1. The van der Waals surface area contributed by atoms with Gasteiger partial charge in [0.05, 0.1) is 4.90 Å². The summed E-state index contributed by atoms with van der Waals surface area (Å²) in [5, 5.41) is 18.6. The minimum atomic E-state index is -3.74. The number of hydrogen-bond donors (Lipinski definition) is 4. The number of urea groups is 1. The van der Waals surface area contributed by atoms with Crippen LogP contribution in [0.15, 0.2) is 29.2 Å². The molecule has 1 rings (SSSR count). The lowest BCUT2D eigenvalue weighted by Gasteiger charge is -2.13. The van der Waals surface area contributed by atoms with Crippen LogP contribution in [0.25, 0.3) is 0 Å². The molecule has 9 heteroatoms. The topological polar surface area (TPSA) is 139 Å². The number of benzene rings is 1. The Kier molecular flexibility index (Phi) is 5.68. The van der Waals surface area contributed by atoms with Gasteiger partial charge in [-0.1, -0.05) is 19.1 Å². The van der Waals surface area contributed by atoms with Crippen LogP contribution in [0, 0.1) is 0 Å². The van der Waals surface area contributed by atoms with E-state index < -0.39 is 28.1 Å². The molecule has 116 valence electrons.